The molecule has 4 bridgehead atoms. The molecule has 1 amide bonds. The Morgan fingerprint density at radius 2 is 2.10 bits per heavy atom. The third-order valence-corrected chi connectivity index (χ3v) is 7.69. The molecule has 8 nitrogen and oxygen atoms in total. The highest BCUT2D eigenvalue weighted by Crippen LogP contribution is 2.64. The summed E-state index contributed by atoms with van der Waals surface area (Å²) in [7, 11) is 0. The lowest BCUT2D eigenvalue weighted by Crippen LogP contribution is -2.63. The van der Waals surface area contributed by atoms with E-state index in [1.165, 1.54) is 6.42 Å². The number of carbonyl (C=O) groups excluding carboxylic acids is 1. The normalized spacial score (nSPS) is 37.5. The zero-order valence-electron chi connectivity index (χ0n) is 16.3. The monoisotopic (exact) mass is 438 g/mol. The van der Waals surface area contributed by atoms with E-state index in [0.717, 1.165) is 51.6 Å². The van der Waals surface area contributed by atoms with Crippen molar-refractivity contribution in [2.24, 2.45) is 17.3 Å². The van der Waals surface area contributed by atoms with Crippen LogP contribution in [0.2, 0.25) is 5.28 Å². The minimum Gasteiger partial charge on any atom is -0.376 e. The SMILES string of the molecule is O=C(NNC(=S)NCC1CCCO1)C12CC3CC(C1)CC(n1cnc(Cl)n1)(C3)C2. The number of halogens is 1. The van der Waals surface area contributed by atoms with Gasteiger partial charge in [-0.3, -0.25) is 15.6 Å². The summed E-state index contributed by atoms with van der Waals surface area (Å²) in [6, 6.07) is 0. The van der Waals surface area contributed by atoms with Crippen molar-refractivity contribution in [2.75, 3.05) is 13.2 Å². The topological polar surface area (TPSA) is 93.1 Å². The van der Waals surface area contributed by atoms with E-state index in [-0.39, 0.29) is 28.2 Å². The Balaban J connectivity index is 1.24. The third-order valence-electron chi connectivity index (χ3n) is 7.27. The largest absolute Gasteiger partial charge is 0.376 e. The fraction of sp³-hybridized carbons (Fsp3) is 0.789. The minimum atomic E-state index is -0.389. The quantitative estimate of drug-likeness (QED) is 0.488. The average Bonchev–Trinajstić information content (AvgIpc) is 3.35. The van der Waals surface area contributed by atoms with Crippen LogP contribution in [0.15, 0.2) is 6.33 Å². The molecule has 3 atom stereocenters. The third kappa shape index (κ3) is 3.61. The number of nitrogens with zero attached hydrogens (tertiary/aromatic N) is 3. The van der Waals surface area contributed by atoms with Crippen molar-refractivity contribution in [2.45, 2.75) is 63.0 Å². The Hall–Kier alpha value is -1.45. The summed E-state index contributed by atoms with van der Waals surface area (Å²) < 4.78 is 7.52. The van der Waals surface area contributed by atoms with Gasteiger partial charge in [0.1, 0.15) is 6.33 Å². The van der Waals surface area contributed by atoms with Crippen LogP contribution < -0.4 is 16.2 Å². The van der Waals surface area contributed by atoms with E-state index in [4.69, 9.17) is 28.6 Å². The van der Waals surface area contributed by atoms with Crippen molar-refractivity contribution in [1.82, 2.24) is 30.9 Å². The molecule has 158 valence electrons. The number of thiocarbonyl (C=S) groups is 1. The molecule has 4 saturated carbocycles. The fourth-order valence-corrected chi connectivity index (χ4v) is 6.78. The van der Waals surface area contributed by atoms with Crippen LogP contribution in [0.25, 0.3) is 0 Å². The van der Waals surface area contributed by atoms with Gasteiger partial charge >= 0.3 is 0 Å². The van der Waals surface area contributed by atoms with Crippen LogP contribution in [0.5, 0.6) is 0 Å². The second kappa shape index (κ2) is 7.35. The second-order valence-electron chi connectivity index (χ2n) is 9.35. The van der Waals surface area contributed by atoms with Gasteiger partial charge in [-0.25, -0.2) is 9.67 Å². The Labute approximate surface area is 180 Å². The number of amides is 1. The predicted octanol–water partition coefficient (Wildman–Crippen LogP) is 1.90. The second-order valence-corrected chi connectivity index (χ2v) is 10.1. The molecular formula is C19H27ClN6O2S. The predicted molar refractivity (Wildman–Crippen MR) is 111 cm³/mol. The van der Waals surface area contributed by atoms with Gasteiger partial charge in [-0.05, 0) is 87.0 Å². The molecule has 10 heteroatoms. The summed E-state index contributed by atoms with van der Waals surface area (Å²) in [5, 5.41) is 8.24. The van der Waals surface area contributed by atoms with Gasteiger partial charge in [0.15, 0.2) is 5.11 Å². The van der Waals surface area contributed by atoms with Crippen LogP contribution in [0.4, 0.5) is 0 Å². The summed E-state index contributed by atoms with van der Waals surface area (Å²) in [6.45, 7) is 1.47. The fourth-order valence-electron chi connectivity index (χ4n) is 6.52. The molecule has 0 aromatic carbocycles. The van der Waals surface area contributed by atoms with Gasteiger partial charge in [-0.1, -0.05) is 0 Å². The molecule has 3 unspecified atom stereocenters. The maximum Gasteiger partial charge on any atom is 0.244 e. The molecule has 0 radical (unpaired) electrons. The van der Waals surface area contributed by atoms with E-state index < -0.39 is 0 Å². The number of aromatic nitrogens is 3. The summed E-state index contributed by atoms with van der Waals surface area (Å²) >= 11 is 11.3. The van der Waals surface area contributed by atoms with Gasteiger partial charge < -0.3 is 10.1 Å². The lowest BCUT2D eigenvalue weighted by atomic mass is 9.46. The number of hydrogen-bond donors (Lipinski definition) is 3. The lowest BCUT2D eigenvalue weighted by Gasteiger charge is -2.60. The Morgan fingerprint density at radius 3 is 2.76 bits per heavy atom. The average molecular weight is 439 g/mol. The summed E-state index contributed by atoms with van der Waals surface area (Å²) in [4.78, 5) is 17.4. The smallest absolute Gasteiger partial charge is 0.244 e. The number of hydrogen-bond acceptors (Lipinski definition) is 5. The Kier molecular flexibility index (Phi) is 4.95. The molecule has 29 heavy (non-hydrogen) atoms. The number of carbonyl (C=O) groups is 1. The molecule has 2 heterocycles. The van der Waals surface area contributed by atoms with Crippen LogP contribution in [-0.2, 0) is 15.1 Å². The van der Waals surface area contributed by atoms with Gasteiger partial charge in [0.05, 0.1) is 17.1 Å². The molecule has 5 aliphatic rings. The van der Waals surface area contributed by atoms with E-state index in [1.807, 2.05) is 4.68 Å². The van der Waals surface area contributed by atoms with Crippen LogP contribution in [0, 0.1) is 17.3 Å². The van der Waals surface area contributed by atoms with Gasteiger partial charge in [0.25, 0.3) is 0 Å². The van der Waals surface area contributed by atoms with Crippen LogP contribution in [0.3, 0.4) is 0 Å². The van der Waals surface area contributed by atoms with Crippen molar-refractivity contribution < 1.29 is 9.53 Å². The maximum absolute atomic E-state index is 13.3. The maximum atomic E-state index is 13.3. The molecule has 6 rings (SSSR count). The van der Waals surface area contributed by atoms with Crippen LogP contribution in [0.1, 0.15) is 51.4 Å². The first-order valence-corrected chi connectivity index (χ1v) is 11.3. The Bertz CT molecular complexity index is 796. The molecule has 3 N–H and O–H groups in total. The highest BCUT2D eigenvalue weighted by molar-refractivity contribution is 7.80. The van der Waals surface area contributed by atoms with Crippen molar-refractivity contribution in [1.29, 1.82) is 0 Å². The Morgan fingerprint density at radius 1 is 1.31 bits per heavy atom. The molecule has 0 spiro atoms. The van der Waals surface area contributed by atoms with Crippen molar-refractivity contribution in [3.63, 3.8) is 0 Å². The first kappa shape index (κ1) is 19.5. The van der Waals surface area contributed by atoms with Gasteiger partial charge in [0.2, 0.25) is 11.2 Å². The summed E-state index contributed by atoms with van der Waals surface area (Å²) in [5.74, 6) is 1.10. The van der Waals surface area contributed by atoms with E-state index in [1.54, 1.807) is 6.33 Å². The van der Waals surface area contributed by atoms with Gasteiger partial charge in [-0.15, -0.1) is 5.10 Å². The highest BCUT2D eigenvalue weighted by Gasteiger charge is 2.61. The molecule has 5 fully saturated rings. The summed E-state index contributed by atoms with van der Waals surface area (Å²) in [6.07, 6.45) is 9.99. The highest BCUT2D eigenvalue weighted by atomic mass is 35.5. The van der Waals surface area contributed by atoms with Crippen molar-refractivity contribution in [3.8, 4) is 0 Å². The zero-order valence-corrected chi connectivity index (χ0v) is 17.9. The van der Waals surface area contributed by atoms with E-state index >= 15 is 0 Å². The molecule has 1 aliphatic heterocycles. The van der Waals surface area contributed by atoms with Crippen molar-refractivity contribution in [3.05, 3.63) is 11.6 Å². The van der Waals surface area contributed by atoms with Crippen molar-refractivity contribution >= 4 is 34.8 Å². The van der Waals surface area contributed by atoms with Gasteiger partial charge in [0, 0.05) is 13.2 Å². The van der Waals surface area contributed by atoms with Crippen LogP contribution in [-0.4, -0.2) is 45.0 Å². The van der Waals surface area contributed by atoms with E-state index in [2.05, 4.69) is 26.3 Å². The molecule has 4 aliphatic carbocycles. The summed E-state index contributed by atoms with van der Waals surface area (Å²) in [5.41, 5.74) is 5.24. The molecular weight excluding hydrogens is 412 g/mol. The minimum absolute atomic E-state index is 0.0310. The molecule has 1 aromatic heterocycles. The van der Waals surface area contributed by atoms with E-state index in [9.17, 15) is 4.79 Å². The zero-order chi connectivity index (χ0) is 20.1. The first-order valence-electron chi connectivity index (χ1n) is 10.5. The first-order chi connectivity index (χ1) is 14.0. The number of ether oxygens (including phenoxy) is 1. The van der Waals surface area contributed by atoms with E-state index in [0.29, 0.717) is 23.5 Å². The molecule has 1 saturated heterocycles. The lowest BCUT2D eigenvalue weighted by molar-refractivity contribution is -0.156. The van der Waals surface area contributed by atoms with Crippen LogP contribution >= 0.6 is 23.8 Å². The molecule has 1 aromatic rings. The number of rotatable bonds is 4. The van der Waals surface area contributed by atoms with Gasteiger partial charge in [-0.2, -0.15) is 0 Å². The number of hydrazine groups is 1. The number of nitrogens with one attached hydrogen (secondary N) is 3. The standard InChI is InChI=1S/C19H27ClN6O2S/c20-16-22-11-26(25-16)19-7-12-4-13(8-19)6-18(5-12,10-19)15(27)23-24-17(29)21-9-14-2-1-3-28-14/h11-14H,1-10H2,(H,23,27)(H2,21,24,29).